The monoisotopic (exact) mass is 953 g/mol. The van der Waals surface area contributed by atoms with E-state index in [1.807, 2.05) is 0 Å². The molecule has 1 unspecified atom stereocenters. The number of benzene rings is 1. The normalized spacial score (nSPS) is 21.9. The van der Waals surface area contributed by atoms with E-state index in [4.69, 9.17) is 17.2 Å². The lowest BCUT2D eigenvalue weighted by Gasteiger charge is -2.30. The van der Waals surface area contributed by atoms with Crippen LogP contribution in [0.25, 0.3) is 0 Å². The van der Waals surface area contributed by atoms with Crippen LogP contribution in [0.4, 0.5) is 0 Å². The highest BCUT2D eigenvalue weighted by atomic mass is 32.2. The summed E-state index contributed by atoms with van der Waals surface area (Å²) in [6.45, 7) is 4.79. The van der Waals surface area contributed by atoms with Crippen LogP contribution in [0.3, 0.4) is 0 Å². The molecule has 0 aliphatic carbocycles. The molecule has 0 spiro atoms. The maximum Gasteiger partial charge on any atom is 0.245 e. The van der Waals surface area contributed by atoms with Gasteiger partial charge in [0.15, 0.2) is 0 Å². The van der Waals surface area contributed by atoms with Crippen molar-refractivity contribution >= 4 is 75.8 Å². The molecule has 1 saturated heterocycles. The summed E-state index contributed by atoms with van der Waals surface area (Å²) in [6.07, 6.45) is -2.26. The number of carbonyl (C=O) groups is 11. The number of aromatic hydroxyl groups is 1. The Hall–Kier alpha value is -6.70. The molecule has 11 amide bonds. The molecule has 2 rings (SSSR count). The summed E-state index contributed by atoms with van der Waals surface area (Å²) in [5.41, 5.74) is 14.8. The molecule has 16 N–H and O–H groups in total. The third-order valence-corrected chi connectivity index (χ3v) is 11.5. The molecule has 1 aliphatic heterocycles. The molecule has 1 heterocycles. The van der Waals surface area contributed by atoms with E-state index in [2.05, 4.69) is 37.2 Å². The molecule has 0 bridgehead atoms. The number of hydrogen-bond acceptors (Lipinski definition) is 13. The molecule has 0 aromatic heterocycles. The van der Waals surface area contributed by atoms with Gasteiger partial charge in [0, 0.05) is 48.6 Å². The highest BCUT2D eigenvalue weighted by Crippen LogP contribution is 2.15. The van der Waals surface area contributed by atoms with E-state index in [1.165, 1.54) is 45.2 Å². The minimum atomic E-state index is -1.86. The second-order valence-electron chi connectivity index (χ2n) is 16.1. The molecule has 1 aromatic carbocycles. The smallest absolute Gasteiger partial charge is 0.245 e. The zero-order valence-corrected chi connectivity index (χ0v) is 38.3. The fourth-order valence-corrected chi connectivity index (χ4v) is 7.39. The number of phenolic OH excluding ortho intramolecular Hbond substituents is 1. The SMILES string of the molecule is CC[C@H](C)[C@@H]1NC(=O)[C@H](Cc2ccc(O)cc2)NC(=O)CCS(=O)CC[C@@H](C(=O)N(C)CC(=O)NC(C)(C)C(=O)NCC(N)=O)NC(=O)[C@H](CC(N)=O)NC(=O)[C@H](CCC(N)=O)NC1=O.O. The molecular formula is C40H63N11O14S. The lowest BCUT2D eigenvalue weighted by molar-refractivity contribution is -0.140. The van der Waals surface area contributed by atoms with E-state index >= 15 is 0 Å². The first-order chi connectivity index (χ1) is 30.3. The molecule has 26 heteroatoms. The van der Waals surface area contributed by atoms with E-state index in [9.17, 15) is 62.1 Å². The van der Waals surface area contributed by atoms with Crippen molar-refractivity contribution in [2.24, 2.45) is 23.1 Å². The Labute approximate surface area is 383 Å². The van der Waals surface area contributed by atoms with Crippen LogP contribution in [0.2, 0.25) is 0 Å². The van der Waals surface area contributed by atoms with Gasteiger partial charge >= 0.3 is 0 Å². The van der Waals surface area contributed by atoms with Crippen LogP contribution in [0.1, 0.15) is 71.8 Å². The van der Waals surface area contributed by atoms with Crippen LogP contribution in [-0.2, 0) is 70.0 Å². The third kappa shape index (κ3) is 19.6. The zero-order valence-electron chi connectivity index (χ0n) is 37.5. The maximum absolute atomic E-state index is 14.0. The van der Waals surface area contributed by atoms with Crippen LogP contribution in [-0.4, -0.2) is 152 Å². The summed E-state index contributed by atoms with van der Waals surface area (Å²) >= 11 is 0. The molecule has 368 valence electrons. The molecule has 25 nitrogen and oxygen atoms in total. The highest BCUT2D eigenvalue weighted by molar-refractivity contribution is 7.85. The molecule has 1 aromatic rings. The largest absolute Gasteiger partial charge is 0.508 e. The molecule has 1 aliphatic rings. The van der Waals surface area contributed by atoms with Gasteiger partial charge in [-0.05, 0) is 50.3 Å². The van der Waals surface area contributed by atoms with Crippen molar-refractivity contribution in [2.75, 3.05) is 31.6 Å². The van der Waals surface area contributed by atoms with E-state index in [1.54, 1.807) is 13.8 Å². The minimum Gasteiger partial charge on any atom is -0.508 e. The fraction of sp³-hybridized carbons (Fsp3) is 0.575. The van der Waals surface area contributed by atoms with E-state index in [0.717, 1.165) is 4.90 Å². The van der Waals surface area contributed by atoms with Gasteiger partial charge in [-0.1, -0.05) is 32.4 Å². The Morgan fingerprint density at radius 2 is 1.42 bits per heavy atom. The highest BCUT2D eigenvalue weighted by Gasteiger charge is 2.36. The Balaban J connectivity index is 0.0000218. The van der Waals surface area contributed by atoms with Crippen LogP contribution >= 0.6 is 0 Å². The Bertz CT molecular complexity index is 1980. The van der Waals surface area contributed by atoms with Crippen LogP contribution < -0.4 is 54.4 Å². The van der Waals surface area contributed by atoms with Crippen LogP contribution in [0, 0.1) is 5.92 Å². The summed E-state index contributed by atoms with van der Waals surface area (Å²) in [5, 5.41) is 26.9. The van der Waals surface area contributed by atoms with Crippen molar-refractivity contribution in [3.63, 3.8) is 0 Å². The molecule has 66 heavy (non-hydrogen) atoms. The number of amides is 11. The fourth-order valence-electron chi connectivity index (χ4n) is 6.28. The summed E-state index contributed by atoms with van der Waals surface area (Å²) in [4.78, 5) is 144. The van der Waals surface area contributed by atoms with Crippen molar-refractivity contribution in [3.8, 4) is 5.75 Å². The molecule has 1 fully saturated rings. The van der Waals surface area contributed by atoms with Gasteiger partial charge < -0.3 is 69.9 Å². The lowest BCUT2D eigenvalue weighted by Crippen LogP contribution is -2.61. The second kappa shape index (κ2) is 26.9. The summed E-state index contributed by atoms with van der Waals surface area (Å²) in [5.74, 6) is -11.3. The van der Waals surface area contributed by atoms with Gasteiger partial charge in [-0.3, -0.25) is 56.9 Å². The number of nitrogens with one attached hydrogen (secondary N) is 7. The number of primary amides is 3. The van der Waals surface area contributed by atoms with Gasteiger partial charge in [-0.25, -0.2) is 0 Å². The van der Waals surface area contributed by atoms with Crippen LogP contribution in [0.15, 0.2) is 24.3 Å². The van der Waals surface area contributed by atoms with E-state index in [0.29, 0.717) is 12.0 Å². The first-order valence-corrected chi connectivity index (χ1v) is 22.1. The second-order valence-corrected chi connectivity index (χ2v) is 17.8. The first-order valence-electron chi connectivity index (χ1n) is 20.7. The van der Waals surface area contributed by atoms with E-state index < -0.39 is 150 Å². The number of rotatable bonds is 16. The van der Waals surface area contributed by atoms with Gasteiger partial charge in [0.2, 0.25) is 65.0 Å². The zero-order chi connectivity index (χ0) is 49.2. The summed E-state index contributed by atoms with van der Waals surface area (Å²) in [7, 11) is -0.684. The predicted octanol–water partition coefficient (Wildman–Crippen LogP) is -5.78. The number of likely N-dealkylation sites (N-methyl/N-ethyl adjacent to an activating group) is 1. The van der Waals surface area contributed by atoms with Crippen molar-refractivity contribution in [3.05, 3.63) is 29.8 Å². The number of nitrogens with two attached hydrogens (primary N) is 3. The van der Waals surface area contributed by atoms with Crippen molar-refractivity contribution in [1.29, 1.82) is 0 Å². The van der Waals surface area contributed by atoms with Crippen molar-refractivity contribution < 1.29 is 67.5 Å². The first kappa shape index (κ1) is 57.3. The lowest BCUT2D eigenvalue weighted by atomic mass is 9.96. The van der Waals surface area contributed by atoms with E-state index in [-0.39, 0.29) is 42.0 Å². The van der Waals surface area contributed by atoms with Gasteiger partial charge in [-0.2, -0.15) is 0 Å². The van der Waals surface area contributed by atoms with Gasteiger partial charge in [-0.15, -0.1) is 0 Å². The Morgan fingerprint density at radius 1 is 0.833 bits per heavy atom. The quantitative estimate of drug-likeness (QED) is 0.0737. The molecule has 0 saturated carbocycles. The average molecular weight is 954 g/mol. The minimum absolute atomic E-state index is 0. The molecule has 7 atom stereocenters. The van der Waals surface area contributed by atoms with Crippen molar-refractivity contribution in [2.45, 2.75) is 108 Å². The number of hydrogen-bond donors (Lipinski definition) is 11. The average Bonchev–Trinajstić information content (AvgIpc) is 3.22. The van der Waals surface area contributed by atoms with Crippen molar-refractivity contribution in [1.82, 2.24) is 42.1 Å². The van der Waals surface area contributed by atoms with Gasteiger partial charge in [0.1, 0.15) is 41.5 Å². The van der Waals surface area contributed by atoms with Crippen LogP contribution in [0.5, 0.6) is 5.75 Å². The topological polar surface area (TPSA) is 422 Å². The van der Waals surface area contributed by atoms with Gasteiger partial charge in [0.25, 0.3) is 0 Å². The number of carbonyl (C=O) groups excluding carboxylic acids is 11. The maximum atomic E-state index is 14.0. The molecular weight excluding hydrogens is 891 g/mol. The third-order valence-electron chi connectivity index (χ3n) is 10.2. The van der Waals surface area contributed by atoms with Gasteiger partial charge in [0.05, 0.1) is 19.5 Å². The Morgan fingerprint density at radius 3 is 2.00 bits per heavy atom. The summed E-state index contributed by atoms with van der Waals surface area (Å²) in [6, 6.07) is -1.88. The number of nitrogens with zero attached hydrogens (tertiary/aromatic N) is 1. The Kier molecular flexibility index (Phi) is 23.4. The molecule has 0 radical (unpaired) electrons. The standard InChI is InChI=1S/C40H61N11O13S.H2O/c1-6-21(2)33-37(61)46-24(11-12-28(41)53)34(58)48-27(18-29(42)54)35(59)47-25(38(62)51(5)20-32(57)50-40(3,4)39(63)44-19-30(43)55)13-15-65(64)16-14-31(56)45-26(36(60)49-33)17-22-7-9-23(52)10-8-22;/h7-10,21,24-27,33,52H,6,11-20H2,1-5H3,(H2,41,53)(H2,42,54)(H2,43,55)(H,44,63)(H,45,56)(H,46,61)(H,47,59)(H,48,58)(H,49,60)(H,50,57);1H2/t21-,24-,25-,26-,27-,33-,65?;/m0./s1. The number of phenols is 1. The predicted molar refractivity (Wildman–Crippen MR) is 236 cm³/mol. The summed E-state index contributed by atoms with van der Waals surface area (Å²) < 4.78 is 13.3.